The van der Waals surface area contributed by atoms with Gasteiger partial charge in [0.05, 0.1) is 16.6 Å². The molecule has 44 heavy (non-hydrogen) atoms. The Morgan fingerprint density at radius 2 is 1.66 bits per heavy atom. The van der Waals surface area contributed by atoms with Gasteiger partial charge in [0.25, 0.3) is 0 Å². The second kappa shape index (κ2) is 10.9. The number of sulfone groups is 1. The Bertz CT molecular complexity index is 1940. The fraction of sp³-hybridized carbons (Fsp3) is 0.321. The summed E-state index contributed by atoms with van der Waals surface area (Å²) in [4.78, 5) is 36.4. The lowest BCUT2D eigenvalue weighted by Crippen LogP contribution is -2.45. The zero-order valence-electron chi connectivity index (χ0n) is 25.0. The molecular formula is C28H33N11O4S. The Kier molecular flexibility index (Phi) is 7.59. The van der Waals surface area contributed by atoms with Gasteiger partial charge >= 0.3 is 11.4 Å². The van der Waals surface area contributed by atoms with Crippen LogP contribution in [0.2, 0.25) is 0 Å². The van der Waals surface area contributed by atoms with Gasteiger partial charge in [-0.25, -0.2) is 33.4 Å². The molecule has 0 bridgehead atoms. The summed E-state index contributed by atoms with van der Waals surface area (Å²) in [6, 6.07) is 12.6. The van der Waals surface area contributed by atoms with Crippen LogP contribution >= 0.6 is 0 Å². The topological polar surface area (TPSA) is 207 Å². The van der Waals surface area contributed by atoms with E-state index < -0.39 is 38.1 Å². The van der Waals surface area contributed by atoms with Crippen molar-refractivity contribution in [2.75, 3.05) is 10.4 Å². The van der Waals surface area contributed by atoms with E-state index in [0.29, 0.717) is 5.82 Å². The molecule has 1 unspecified atom stereocenters. The smallest absolute Gasteiger partial charge is 0.281 e. The molecule has 16 heteroatoms. The molecule has 1 atom stereocenters. The van der Waals surface area contributed by atoms with E-state index in [9.17, 15) is 18.0 Å². The highest BCUT2D eigenvalue weighted by Crippen LogP contribution is 2.38. The van der Waals surface area contributed by atoms with Crippen LogP contribution in [-0.4, -0.2) is 55.7 Å². The Hall–Kier alpha value is -4.96. The molecule has 1 saturated heterocycles. The zero-order chi connectivity index (χ0) is 32.0. The van der Waals surface area contributed by atoms with Gasteiger partial charge in [-0.05, 0) is 29.7 Å². The molecule has 5 rings (SSSR count). The third-order valence-corrected chi connectivity index (χ3v) is 8.57. The van der Waals surface area contributed by atoms with E-state index >= 15 is 0 Å². The van der Waals surface area contributed by atoms with Crippen LogP contribution in [0.4, 0.5) is 11.8 Å². The van der Waals surface area contributed by atoms with Gasteiger partial charge in [0, 0.05) is 11.6 Å². The van der Waals surface area contributed by atoms with Crippen LogP contribution < -0.4 is 27.2 Å². The summed E-state index contributed by atoms with van der Waals surface area (Å²) in [7, 11) is -4.15. The molecule has 1 aromatic carbocycles. The van der Waals surface area contributed by atoms with Gasteiger partial charge < -0.3 is 0 Å². The Morgan fingerprint density at radius 1 is 0.977 bits per heavy atom. The minimum Gasteiger partial charge on any atom is -0.281 e. The lowest BCUT2D eigenvalue weighted by molar-refractivity contribution is 0.343. The van der Waals surface area contributed by atoms with E-state index in [-0.39, 0.29) is 38.8 Å². The first kappa shape index (κ1) is 30.5. The maximum atomic E-state index is 14.3. The minimum atomic E-state index is -4.15. The number of hydrogen-bond donors (Lipinski definition) is 5. The van der Waals surface area contributed by atoms with Gasteiger partial charge in [0.2, 0.25) is 15.8 Å². The van der Waals surface area contributed by atoms with Crippen molar-refractivity contribution >= 4 is 33.2 Å². The van der Waals surface area contributed by atoms with E-state index in [1.165, 1.54) is 16.8 Å². The summed E-state index contributed by atoms with van der Waals surface area (Å²) in [6.07, 6.45) is 1.56. The Balaban J connectivity index is 1.72. The molecule has 1 fully saturated rings. The van der Waals surface area contributed by atoms with Crippen molar-refractivity contribution in [2.45, 2.75) is 62.8 Å². The molecule has 0 amide bonds. The summed E-state index contributed by atoms with van der Waals surface area (Å²) in [6.45, 7) is 11.3. The summed E-state index contributed by atoms with van der Waals surface area (Å²) in [5, 5.41) is 19.4. The third-order valence-electron chi connectivity index (χ3n) is 6.75. The van der Waals surface area contributed by atoms with Crippen molar-refractivity contribution in [1.82, 2.24) is 35.1 Å². The van der Waals surface area contributed by atoms with Crippen molar-refractivity contribution in [3.63, 3.8) is 0 Å². The number of hydrogen-bond acceptors (Lipinski definition) is 11. The fourth-order valence-corrected chi connectivity index (χ4v) is 6.34. The number of aromatic amines is 2. The van der Waals surface area contributed by atoms with Gasteiger partial charge in [-0.1, -0.05) is 65.8 Å². The van der Waals surface area contributed by atoms with Crippen molar-refractivity contribution in [3.8, 4) is 5.82 Å². The summed E-state index contributed by atoms with van der Waals surface area (Å²) in [5.74, 6) is -0.0663. The molecule has 5 N–H and O–H groups in total. The monoisotopic (exact) mass is 619 g/mol. The molecule has 0 aliphatic carbocycles. The Labute approximate surface area is 252 Å². The molecule has 0 saturated carbocycles. The van der Waals surface area contributed by atoms with Crippen LogP contribution in [-0.2, 0) is 15.3 Å². The molecule has 0 spiro atoms. The van der Waals surface area contributed by atoms with Crippen LogP contribution in [0.1, 0.15) is 47.2 Å². The predicted molar refractivity (Wildman–Crippen MR) is 165 cm³/mol. The zero-order valence-corrected chi connectivity index (χ0v) is 25.8. The summed E-state index contributed by atoms with van der Waals surface area (Å²) < 4.78 is 29.9. The van der Waals surface area contributed by atoms with E-state index in [2.05, 4.69) is 30.9 Å². The quantitative estimate of drug-likeness (QED) is 0.199. The average molecular weight is 620 g/mol. The van der Waals surface area contributed by atoms with E-state index in [0.717, 1.165) is 5.01 Å². The maximum Gasteiger partial charge on any atom is 0.352 e. The molecule has 0 radical (unpaired) electrons. The number of anilines is 2. The van der Waals surface area contributed by atoms with E-state index in [1.807, 2.05) is 46.5 Å². The first-order valence-electron chi connectivity index (χ1n) is 13.6. The maximum absolute atomic E-state index is 14.3. The van der Waals surface area contributed by atoms with Crippen molar-refractivity contribution in [1.29, 1.82) is 5.41 Å². The minimum absolute atomic E-state index is 0.0200. The molecule has 4 aromatic rings. The molecule has 3 aromatic heterocycles. The van der Waals surface area contributed by atoms with Gasteiger partial charge in [0.1, 0.15) is 10.6 Å². The van der Waals surface area contributed by atoms with Crippen LogP contribution in [0.25, 0.3) is 5.82 Å². The largest absolute Gasteiger partial charge is 0.352 e. The van der Waals surface area contributed by atoms with Crippen LogP contribution in [0.3, 0.4) is 0 Å². The number of hydrazine groups is 1. The molecule has 15 nitrogen and oxygen atoms in total. The van der Waals surface area contributed by atoms with Crippen molar-refractivity contribution in [2.24, 2.45) is 10.5 Å². The number of amidine groups is 1. The lowest BCUT2D eigenvalue weighted by Gasteiger charge is -2.27. The number of rotatable bonds is 6. The summed E-state index contributed by atoms with van der Waals surface area (Å²) in [5.41, 5.74) is 3.51. The number of hydrazone groups is 1. The van der Waals surface area contributed by atoms with Gasteiger partial charge in [-0.15, -0.1) is 0 Å². The number of H-pyrrole nitrogens is 2. The number of pyridine rings is 1. The lowest BCUT2D eigenvalue weighted by atomic mass is 9.85. The summed E-state index contributed by atoms with van der Waals surface area (Å²) >= 11 is 0. The molecule has 1 aliphatic rings. The third kappa shape index (κ3) is 5.68. The Morgan fingerprint density at radius 3 is 2.25 bits per heavy atom. The fourth-order valence-electron chi connectivity index (χ4n) is 4.60. The standard InChI is InChI=1S/C28H33N11O4S/c1-27(2,3)20-18(22(29)39(36-20)24-31-25(40)33-26(41)32-24)34-35-23-19(44(42,43)16-12-8-7-9-13-16)21(28(4,5)6)37-38(23)17-14-10-11-15-30-17/h7-15,20,29,35-36H,1-6H3,(H2,31,32,33,40,41). The highest BCUT2D eigenvalue weighted by atomic mass is 32.2. The molecule has 1 aliphatic heterocycles. The average Bonchev–Trinajstić information content (AvgIpc) is 3.51. The highest BCUT2D eigenvalue weighted by Gasteiger charge is 2.43. The van der Waals surface area contributed by atoms with Crippen molar-refractivity contribution in [3.05, 3.63) is 81.4 Å². The van der Waals surface area contributed by atoms with Crippen molar-refractivity contribution < 1.29 is 8.42 Å². The molecular weight excluding hydrogens is 586 g/mol. The van der Waals surface area contributed by atoms with E-state index in [4.69, 9.17) is 10.5 Å². The second-order valence-corrected chi connectivity index (χ2v) is 14.1. The highest BCUT2D eigenvalue weighted by molar-refractivity contribution is 7.91. The normalized spacial score (nSPS) is 17.0. The van der Waals surface area contributed by atoms with Gasteiger partial charge in [-0.3, -0.25) is 20.8 Å². The van der Waals surface area contributed by atoms with Crippen LogP contribution in [0.5, 0.6) is 0 Å². The number of nitrogens with zero attached hydrogens (tertiary/aromatic N) is 6. The van der Waals surface area contributed by atoms with Gasteiger partial charge in [-0.2, -0.15) is 19.9 Å². The van der Waals surface area contributed by atoms with Crippen LogP contribution in [0, 0.1) is 10.8 Å². The van der Waals surface area contributed by atoms with E-state index in [1.54, 1.807) is 42.6 Å². The van der Waals surface area contributed by atoms with Gasteiger partial charge in [0.15, 0.2) is 17.5 Å². The predicted octanol–water partition coefficient (Wildman–Crippen LogP) is 2.35. The number of nitrogens with one attached hydrogen (secondary N) is 5. The molecule has 230 valence electrons. The first-order valence-corrected chi connectivity index (χ1v) is 15.1. The molecule has 4 heterocycles. The SMILES string of the molecule is CC(C)(C)c1nn(-c2ccccn2)c(NN=C2C(=N)N(c3nc(=O)[nH]c(=O)[nH]3)NC2C(C)(C)C)c1S(=O)(=O)c1ccccc1. The number of benzene rings is 1. The first-order chi connectivity index (χ1) is 20.6. The second-order valence-electron chi connectivity index (χ2n) is 12.2. The number of aromatic nitrogens is 6. The van der Waals surface area contributed by atoms with Crippen LogP contribution in [0.15, 0.2) is 79.2 Å².